The van der Waals surface area contributed by atoms with Crippen LogP contribution >= 0.6 is 0 Å². The van der Waals surface area contributed by atoms with E-state index in [1.807, 2.05) is 7.05 Å². The van der Waals surface area contributed by atoms with Crippen molar-refractivity contribution in [3.63, 3.8) is 0 Å². The third-order valence-corrected chi connectivity index (χ3v) is 4.33. The Labute approximate surface area is 109 Å². The molecule has 102 valence electrons. The molecule has 1 aromatic carbocycles. The van der Waals surface area contributed by atoms with E-state index in [4.69, 9.17) is 5.73 Å². The van der Waals surface area contributed by atoms with Gasteiger partial charge >= 0.3 is 0 Å². The van der Waals surface area contributed by atoms with Crippen LogP contribution in [0.3, 0.4) is 0 Å². The van der Waals surface area contributed by atoms with Gasteiger partial charge in [0, 0.05) is 19.3 Å². The molecule has 6 heteroatoms. The van der Waals surface area contributed by atoms with E-state index in [9.17, 15) is 8.42 Å². The first kappa shape index (κ1) is 14.8. The Kier molecular flexibility index (Phi) is 4.98. The summed E-state index contributed by atoms with van der Waals surface area (Å²) in [5.41, 5.74) is 7.00. The molecule has 1 rings (SSSR count). The first-order chi connectivity index (χ1) is 8.42. The van der Waals surface area contributed by atoms with Gasteiger partial charge in [0.05, 0.1) is 5.69 Å². The van der Waals surface area contributed by atoms with Crippen molar-refractivity contribution in [1.29, 1.82) is 0 Å². The zero-order chi connectivity index (χ0) is 13.8. The maximum Gasteiger partial charge on any atom is 0.242 e. The smallest absolute Gasteiger partial charge is 0.242 e. The largest absolute Gasteiger partial charge is 0.398 e. The van der Waals surface area contributed by atoms with Crippen molar-refractivity contribution in [2.24, 2.45) is 0 Å². The lowest BCUT2D eigenvalue weighted by Gasteiger charge is -2.20. The van der Waals surface area contributed by atoms with Crippen LogP contribution < -0.4 is 15.4 Å². The van der Waals surface area contributed by atoms with Gasteiger partial charge in [-0.3, -0.25) is 0 Å². The van der Waals surface area contributed by atoms with Crippen LogP contribution in [0.25, 0.3) is 0 Å². The highest BCUT2D eigenvalue weighted by molar-refractivity contribution is 7.89. The van der Waals surface area contributed by atoms with Gasteiger partial charge < -0.3 is 10.6 Å². The van der Waals surface area contributed by atoms with Gasteiger partial charge in [-0.15, -0.1) is 0 Å². The quantitative estimate of drug-likeness (QED) is 0.767. The maximum absolute atomic E-state index is 11.7. The number of nitrogens with zero attached hydrogens (tertiary/aromatic N) is 1. The van der Waals surface area contributed by atoms with Crippen molar-refractivity contribution < 1.29 is 8.42 Å². The van der Waals surface area contributed by atoms with Gasteiger partial charge in [0.25, 0.3) is 0 Å². The van der Waals surface area contributed by atoms with Crippen molar-refractivity contribution in [3.8, 4) is 0 Å². The average molecular weight is 271 g/mol. The zero-order valence-corrected chi connectivity index (χ0v) is 11.9. The number of nitrogens with one attached hydrogen (secondary N) is 1. The van der Waals surface area contributed by atoms with Gasteiger partial charge in [0.1, 0.15) is 4.90 Å². The summed E-state index contributed by atoms with van der Waals surface area (Å²) in [6.45, 7) is 3.05. The molecule has 0 bridgehead atoms. The summed E-state index contributed by atoms with van der Waals surface area (Å²) in [7, 11) is -0.142. The van der Waals surface area contributed by atoms with Crippen LogP contribution in [0.15, 0.2) is 23.1 Å². The van der Waals surface area contributed by atoms with Crippen LogP contribution in [-0.4, -0.2) is 29.1 Å². The molecule has 0 heterocycles. The predicted octanol–water partition coefficient (Wildman–Crippen LogP) is 1.41. The molecule has 0 fully saturated rings. The first-order valence-corrected chi connectivity index (χ1v) is 7.45. The minimum atomic E-state index is -3.48. The Morgan fingerprint density at radius 1 is 1.39 bits per heavy atom. The van der Waals surface area contributed by atoms with Gasteiger partial charge in [0.2, 0.25) is 10.0 Å². The molecule has 0 aliphatic heterocycles. The van der Waals surface area contributed by atoms with Gasteiger partial charge in [-0.05, 0) is 31.7 Å². The minimum Gasteiger partial charge on any atom is -0.398 e. The van der Waals surface area contributed by atoms with Crippen LogP contribution in [0, 0.1) is 0 Å². The summed E-state index contributed by atoms with van der Waals surface area (Å²) < 4.78 is 25.6. The summed E-state index contributed by atoms with van der Waals surface area (Å²) in [5, 5.41) is 0. The van der Waals surface area contributed by atoms with Gasteiger partial charge in [-0.1, -0.05) is 13.3 Å². The van der Waals surface area contributed by atoms with Crippen molar-refractivity contribution >= 4 is 21.4 Å². The molecule has 0 spiro atoms. The highest BCUT2D eigenvalue weighted by Crippen LogP contribution is 2.24. The number of nitrogen functional groups attached to an aromatic ring is 1. The van der Waals surface area contributed by atoms with E-state index in [1.165, 1.54) is 7.05 Å². The Bertz CT molecular complexity index is 500. The molecule has 0 atom stereocenters. The summed E-state index contributed by atoms with van der Waals surface area (Å²) in [5.74, 6) is 0. The summed E-state index contributed by atoms with van der Waals surface area (Å²) in [4.78, 5) is 2.19. The fraction of sp³-hybridized carbons (Fsp3) is 0.500. The topological polar surface area (TPSA) is 75.4 Å². The molecule has 0 aromatic heterocycles. The molecule has 0 saturated heterocycles. The lowest BCUT2D eigenvalue weighted by molar-refractivity contribution is 0.588. The molecule has 3 N–H and O–H groups in total. The number of anilines is 2. The van der Waals surface area contributed by atoms with E-state index in [-0.39, 0.29) is 10.6 Å². The Morgan fingerprint density at radius 2 is 2.06 bits per heavy atom. The number of hydrogen-bond acceptors (Lipinski definition) is 4. The number of sulfonamides is 1. The third-order valence-electron chi connectivity index (χ3n) is 2.84. The third kappa shape index (κ3) is 3.36. The highest BCUT2D eigenvalue weighted by Gasteiger charge is 2.15. The fourth-order valence-corrected chi connectivity index (χ4v) is 2.49. The SMILES string of the molecule is CCCCN(C)c1ccc(S(=O)(=O)NC)c(N)c1. The van der Waals surface area contributed by atoms with Crippen molar-refractivity contribution in [3.05, 3.63) is 18.2 Å². The van der Waals surface area contributed by atoms with Crippen LogP contribution in [-0.2, 0) is 10.0 Å². The van der Waals surface area contributed by atoms with Crippen molar-refractivity contribution in [2.45, 2.75) is 24.7 Å². The van der Waals surface area contributed by atoms with Crippen LogP contribution in [0.2, 0.25) is 0 Å². The molecule has 0 aliphatic rings. The molecule has 0 amide bonds. The molecule has 0 radical (unpaired) electrons. The normalized spacial score (nSPS) is 11.5. The van der Waals surface area contributed by atoms with Gasteiger partial charge in [-0.2, -0.15) is 0 Å². The van der Waals surface area contributed by atoms with Crippen LogP contribution in [0.4, 0.5) is 11.4 Å². The molecule has 5 nitrogen and oxygen atoms in total. The summed E-state index contributed by atoms with van der Waals surface area (Å²) in [6.07, 6.45) is 2.21. The molecular formula is C12H21N3O2S. The van der Waals surface area contributed by atoms with E-state index in [2.05, 4.69) is 16.5 Å². The van der Waals surface area contributed by atoms with E-state index in [0.29, 0.717) is 0 Å². The van der Waals surface area contributed by atoms with E-state index >= 15 is 0 Å². The molecule has 0 unspecified atom stereocenters. The number of nitrogens with two attached hydrogens (primary N) is 1. The fourth-order valence-electron chi connectivity index (χ4n) is 1.65. The lowest BCUT2D eigenvalue weighted by Crippen LogP contribution is -2.21. The predicted molar refractivity (Wildman–Crippen MR) is 75.3 cm³/mol. The second-order valence-corrected chi connectivity index (χ2v) is 6.06. The zero-order valence-electron chi connectivity index (χ0n) is 11.1. The Hall–Kier alpha value is -1.27. The summed E-state index contributed by atoms with van der Waals surface area (Å²) >= 11 is 0. The Balaban J connectivity index is 2.99. The summed E-state index contributed by atoms with van der Waals surface area (Å²) in [6, 6.07) is 5.01. The number of hydrogen-bond donors (Lipinski definition) is 2. The monoisotopic (exact) mass is 271 g/mol. The number of unbranched alkanes of at least 4 members (excludes halogenated alkanes) is 1. The molecule has 0 saturated carbocycles. The second kappa shape index (κ2) is 6.06. The number of benzene rings is 1. The molecular weight excluding hydrogens is 250 g/mol. The second-order valence-electron chi connectivity index (χ2n) is 4.20. The molecule has 0 aliphatic carbocycles. The molecule has 18 heavy (non-hydrogen) atoms. The number of rotatable bonds is 6. The van der Waals surface area contributed by atoms with Gasteiger partial charge in [-0.25, -0.2) is 13.1 Å². The van der Waals surface area contributed by atoms with E-state index in [1.54, 1.807) is 18.2 Å². The van der Waals surface area contributed by atoms with Gasteiger partial charge in [0.15, 0.2) is 0 Å². The minimum absolute atomic E-state index is 0.123. The lowest BCUT2D eigenvalue weighted by atomic mass is 10.2. The average Bonchev–Trinajstić information content (AvgIpc) is 2.35. The Morgan fingerprint density at radius 3 is 2.56 bits per heavy atom. The van der Waals surface area contributed by atoms with Crippen molar-refractivity contribution in [2.75, 3.05) is 31.3 Å². The van der Waals surface area contributed by atoms with E-state index in [0.717, 1.165) is 25.1 Å². The first-order valence-electron chi connectivity index (χ1n) is 5.96. The van der Waals surface area contributed by atoms with Crippen LogP contribution in [0.1, 0.15) is 19.8 Å². The molecule has 1 aromatic rings. The van der Waals surface area contributed by atoms with E-state index < -0.39 is 10.0 Å². The highest BCUT2D eigenvalue weighted by atomic mass is 32.2. The standard InChI is InChI=1S/C12H21N3O2S/c1-4-5-8-15(3)10-6-7-12(11(13)9-10)18(16,17)14-2/h6-7,9,14H,4-5,8,13H2,1-3H3. The maximum atomic E-state index is 11.7. The van der Waals surface area contributed by atoms with Crippen molar-refractivity contribution in [1.82, 2.24) is 4.72 Å². The van der Waals surface area contributed by atoms with Crippen LogP contribution in [0.5, 0.6) is 0 Å².